The lowest BCUT2D eigenvalue weighted by Gasteiger charge is -2.24. The van der Waals surface area contributed by atoms with Crippen LogP contribution in [0.5, 0.6) is 0 Å². The van der Waals surface area contributed by atoms with Crippen molar-refractivity contribution in [1.82, 2.24) is 5.32 Å². The topological polar surface area (TPSA) is 55.1 Å². The van der Waals surface area contributed by atoms with Crippen LogP contribution in [0.1, 0.15) is 43.5 Å². The van der Waals surface area contributed by atoms with Gasteiger partial charge in [-0.15, -0.1) is 12.4 Å². The number of nitrogens with two attached hydrogens (primary N) is 1. The Hall–Kier alpha value is -1.55. The minimum atomic E-state index is -0.326. The second kappa shape index (κ2) is 9.67. The van der Waals surface area contributed by atoms with Gasteiger partial charge < -0.3 is 11.1 Å². The molecule has 0 fully saturated rings. The molecule has 2 rings (SSSR count). The summed E-state index contributed by atoms with van der Waals surface area (Å²) in [5.74, 6) is -0.362. The largest absolute Gasteiger partial charge is 0.349 e. The van der Waals surface area contributed by atoms with Crippen LogP contribution in [0.2, 0.25) is 5.02 Å². The molecule has 0 aliphatic carbocycles. The second-order valence-electron chi connectivity index (χ2n) is 5.75. The molecule has 0 radical (unpaired) electrons. The molecule has 0 saturated carbocycles. The first-order chi connectivity index (χ1) is 11.0. The molecule has 5 heteroatoms. The predicted molar refractivity (Wildman–Crippen MR) is 102 cm³/mol. The van der Waals surface area contributed by atoms with Crippen LogP contribution in [-0.2, 0) is 4.79 Å². The van der Waals surface area contributed by atoms with Gasteiger partial charge in [0.15, 0.2) is 0 Å². The molecule has 2 aromatic rings. The van der Waals surface area contributed by atoms with Crippen LogP contribution in [0, 0.1) is 5.92 Å². The molecule has 24 heavy (non-hydrogen) atoms. The maximum Gasteiger partial charge on any atom is 0.225 e. The lowest BCUT2D eigenvalue weighted by Crippen LogP contribution is -2.37. The molecule has 3 atom stereocenters. The molecule has 2 aromatic carbocycles. The third-order valence-corrected chi connectivity index (χ3v) is 4.35. The number of hydrogen-bond acceptors (Lipinski definition) is 2. The highest BCUT2D eigenvalue weighted by Gasteiger charge is 2.24. The van der Waals surface area contributed by atoms with Crippen LogP contribution >= 0.6 is 24.0 Å². The number of benzene rings is 2. The Morgan fingerprint density at radius 1 is 1.12 bits per heavy atom. The number of nitrogens with one attached hydrogen (secondary N) is 1. The Bertz CT molecular complexity index is 649. The van der Waals surface area contributed by atoms with Crippen molar-refractivity contribution >= 4 is 29.9 Å². The van der Waals surface area contributed by atoms with Crippen molar-refractivity contribution in [2.45, 2.75) is 32.4 Å². The van der Waals surface area contributed by atoms with E-state index in [1.54, 1.807) is 0 Å². The number of amides is 1. The summed E-state index contributed by atoms with van der Waals surface area (Å²) >= 11 is 6.04. The van der Waals surface area contributed by atoms with Crippen LogP contribution < -0.4 is 11.1 Å². The minimum absolute atomic E-state index is 0. The number of carbonyl (C=O) groups is 1. The van der Waals surface area contributed by atoms with Gasteiger partial charge in [0.2, 0.25) is 5.91 Å². The van der Waals surface area contributed by atoms with Crippen molar-refractivity contribution in [3.63, 3.8) is 0 Å². The first-order valence-corrected chi connectivity index (χ1v) is 8.27. The Balaban J connectivity index is 0.00000288. The fraction of sp³-hybridized carbons (Fsp3) is 0.316. The van der Waals surface area contributed by atoms with Gasteiger partial charge in [-0.3, -0.25) is 4.79 Å². The minimum Gasteiger partial charge on any atom is -0.349 e. The van der Waals surface area contributed by atoms with Gasteiger partial charge in [-0.1, -0.05) is 67.9 Å². The van der Waals surface area contributed by atoms with Gasteiger partial charge in [0.25, 0.3) is 0 Å². The van der Waals surface area contributed by atoms with Crippen LogP contribution in [0.15, 0.2) is 54.6 Å². The number of carbonyl (C=O) groups excluding carboxylic acids is 1. The number of hydrogen-bond donors (Lipinski definition) is 2. The van der Waals surface area contributed by atoms with E-state index < -0.39 is 0 Å². The molecule has 0 aliphatic rings. The zero-order valence-electron chi connectivity index (χ0n) is 13.9. The van der Waals surface area contributed by atoms with Crippen molar-refractivity contribution in [2.24, 2.45) is 11.7 Å². The van der Waals surface area contributed by atoms with E-state index in [-0.39, 0.29) is 36.3 Å². The second-order valence-corrected chi connectivity index (χ2v) is 6.19. The summed E-state index contributed by atoms with van der Waals surface area (Å²) in [5, 5.41) is 3.75. The molecule has 0 bridgehead atoms. The Kier molecular flexibility index (Phi) is 8.26. The average Bonchev–Trinajstić information content (AvgIpc) is 2.58. The van der Waals surface area contributed by atoms with Crippen LogP contribution in [0.3, 0.4) is 0 Å². The van der Waals surface area contributed by atoms with Gasteiger partial charge in [0.1, 0.15) is 0 Å². The van der Waals surface area contributed by atoms with E-state index in [4.69, 9.17) is 17.3 Å². The van der Waals surface area contributed by atoms with Crippen LogP contribution in [0.4, 0.5) is 0 Å². The Morgan fingerprint density at radius 3 is 2.33 bits per heavy atom. The van der Waals surface area contributed by atoms with Gasteiger partial charge in [0.05, 0.1) is 12.0 Å². The summed E-state index contributed by atoms with van der Waals surface area (Å²) in [6.07, 6.45) is 0.791. The fourth-order valence-corrected chi connectivity index (χ4v) is 2.77. The van der Waals surface area contributed by atoms with Gasteiger partial charge in [-0.05, 0) is 29.7 Å². The predicted octanol–water partition coefficient (Wildman–Crippen LogP) is 4.67. The normalized spacial score (nSPS) is 14.2. The first kappa shape index (κ1) is 20.5. The Labute approximate surface area is 155 Å². The maximum absolute atomic E-state index is 12.6. The molecule has 0 spiro atoms. The quantitative estimate of drug-likeness (QED) is 0.780. The molecular formula is C19H24Cl2N2O. The SMILES string of the molecule is CCC(NC(=O)C(C)C(N)c1ccccc1)c1cccc(Cl)c1.Cl. The molecule has 0 aliphatic heterocycles. The molecule has 0 heterocycles. The van der Waals surface area contributed by atoms with Crippen molar-refractivity contribution in [2.75, 3.05) is 0 Å². The zero-order chi connectivity index (χ0) is 16.8. The van der Waals surface area contributed by atoms with Gasteiger partial charge in [-0.2, -0.15) is 0 Å². The summed E-state index contributed by atoms with van der Waals surface area (Å²) < 4.78 is 0. The monoisotopic (exact) mass is 366 g/mol. The Morgan fingerprint density at radius 2 is 1.75 bits per heavy atom. The van der Waals surface area contributed by atoms with Crippen LogP contribution in [-0.4, -0.2) is 5.91 Å². The maximum atomic E-state index is 12.6. The van der Waals surface area contributed by atoms with Crippen molar-refractivity contribution in [3.05, 3.63) is 70.7 Å². The van der Waals surface area contributed by atoms with Gasteiger partial charge in [-0.25, -0.2) is 0 Å². The van der Waals surface area contributed by atoms with E-state index in [0.717, 1.165) is 17.5 Å². The highest BCUT2D eigenvalue weighted by molar-refractivity contribution is 6.30. The molecule has 0 saturated heterocycles. The zero-order valence-corrected chi connectivity index (χ0v) is 15.5. The lowest BCUT2D eigenvalue weighted by molar-refractivity contribution is -0.126. The average molecular weight is 367 g/mol. The molecule has 3 nitrogen and oxygen atoms in total. The molecule has 130 valence electrons. The molecule has 0 aromatic heterocycles. The first-order valence-electron chi connectivity index (χ1n) is 7.89. The summed E-state index contributed by atoms with van der Waals surface area (Å²) in [5.41, 5.74) is 8.21. The molecule has 3 N–H and O–H groups in total. The standard InChI is InChI=1S/C19H23ClN2O.ClH/c1-3-17(15-10-7-11-16(20)12-15)22-19(23)13(2)18(21)14-8-5-4-6-9-14;/h4-13,17-18H,3,21H2,1-2H3,(H,22,23);1H. The molecular weight excluding hydrogens is 343 g/mol. The third kappa shape index (κ3) is 5.23. The number of halogens is 2. The van der Waals surface area contributed by atoms with E-state index in [2.05, 4.69) is 5.32 Å². The fourth-order valence-electron chi connectivity index (χ4n) is 2.57. The van der Waals surface area contributed by atoms with Gasteiger partial charge in [0, 0.05) is 11.1 Å². The number of rotatable bonds is 6. The van der Waals surface area contributed by atoms with E-state index in [1.807, 2.05) is 68.4 Å². The summed E-state index contributed by atoms with van der Waals surface area (Å²) in [7, 11) is 0. The van der Waals surface area contributed by atoms with Crippen molar-refractivity contribution in [1.29, 1.82) is 0 Å². The highest BCUT2D eigenvalue weighted by Crippen LogP contribution is 2.23. The summed E-state index contributed by atoms with van der Waals surface area (Å²) in [4.78, 5) is 12.6. The molecule has 1 amide bonds. The van der Waals surface area contributed by atoms with E-state index in [1.165, 1.54) is 0 Å². The van der Waals surface area contributed by atoms with Crippen molar-refractivity contribution < 1.29 is 4.79 Å². The highest BCUT2D eigenvalue weighted by atomic mass is 35.5. The molecule has 3 unspecified atom stereocenters. The van der Waals surface area contributed by atoms with Gasteiger partial charge >= 0.3 is 0 Å². The third-order valence-electron chi connectivity index (χ3n) is 4.11. The summed E-state index contributed by atoms with van der Waals surface area (Å²) in [6.45, 7) is 3.89. The smallest absolute Gasteiger partial charge is 0.225 e. The van der Waals surface area contributed by atoms with E-state index >= 15 is 0 Å². The van der Waals surface area contributed by atoms with E-state index in [0.29, 0.717) is 5.02 Å². The summed E-state index contributed by atoms with van der Waals surface area (Å²) in [6, 6.07) is 16.9. The van der Waals surface area contributed by atoms with Crippen LogP contribution in [0.25, 0.3) is 0 Å². The van der Waals surface area contributed by atoms with Crippen molar-refractivity contribution in [3.8, 4) is 0 Å². The van der Waals surface area contributed by atoms with E-state index in [9.17, 15) is 4.79 Å². The lowest BCUT2D eigenvalue weighted by atomic mass is 9.94.